The number of hydrogen-bond donors (Lipinski definition) is 0. The SMILES string of the molecule is c1ccc(-c2cc3ccccc3c3c2oc2c(N(c4ccc(-c5ccc6cc(-c7ccc8ccccc8c7)ccc6c5)cc4)c4ccc5ccc(-c6cccc7ccccc67)cc5c4)cccc23)cc1. The summed E-state index contributed by atoms with van der Waals surface area (Å²) in [4.78, 5) is 2.37. The van der Waals surface area contributed by atoms with E-state index in [0.717, 1.165) is 55.7 Å². The number of fused-ring (bicyclic) bond motifs is 9. The molecule has 0 aliphatic heterocycles. The Balaban J connectivity index is 0.914. The van der Waals surface area contributed by atoms with E-state index < -0.39 is 0 Å². The van der Waals surface area contributed by atoms with E-state index in [-0.39, 0.29) is 0 Å². The second-order valence-corrected chi connectivity index (χ2v) is 18.5. The number of benzene rings is 13. The highest BCUT2D eigenvalue weighted by Crippen LogP contribution is 2.47. The molecule has 0 atom stereocenters. The fourth-order valence-corrected chi connectivity index (χ4v) is 10.9. The van der Waals surface area contributed by atoms with Gasteiger partial charge >= 0.3 is 0 Å². The van der Waals surface area contributed by atoms with Crippen molar-refractivity contribution in [2.45, 2.75) is 0 Å². The summed E-state index contributed by atoms with van der Waals surface area (Å²) in [5, 5.41) is 14.4. The van der Waals surface area contributed by atoms with Gasteiger partial charge in [-0.25, -0.2) is 0 Å². The summed E-state index contributed by atoms with van der Waals surface area (Å²) >= 11 is 0. The van der Waals surface area contributed by atoms with Crippen molar-refractivity contribution in [3.8, 4) is 44.5 Å². The molecule has 0 aliphatic rings. The lowest BCUT2D eigenvalue weighted by Crippen LogP contribution is -2.10. The molecular weight excluding hydrogens is 847 g/mol. The first-order chi connectivity index (χ1) is 34.7. The van der Waals surface area contributed by atoms with Gasteiger partial charge in [-0.3, -0.25) is 0 Å². The minimum Gasteiger partial charge on any atom is -0.453 e. The van der Waals surface area contributed by atoms with E-state index in [1.165, 1.54) is 81.7 Å². The first-order valence-corrected chi connectivity index (χ1v) is 24.0. The Hall–Kier alpha value is -9.24. The molecule has 326 valence electrons. The van der Waals surface area contributed by atoms with Crippen LogP contribution in [0.1, 0.15) is 0 Å². The minimum absolute atomic E-state index is 0.845. The Morgan fingerprint density at radius 2 is 0.757 bits per heavy atom. The zero-order chi connectivity index (χ0) is 46.1. The minimum atomic E-state index is 0.845. The van der Waals surface area contributed by atoms with Crippen LogP contribution < -0.4 is 4.90 Å². The molecule has 0 saturated carbocycles. The molecule has 0 amide bonds. The van der Waals surface area contributed by atoms with Crippen LogP contribution in [-0.4, -0.2) is 0 Å². The summed E-state index contributed by atoms with van der Waals surface area (Å²) in [5.41, 5.74) is 14.2. The van der Waals surface area contributed by atoms with E-state index in [1.807, 2.05) is 0 Å². The summed E-state index contributed by atoms with van der Waals surface area (Å²) < 4.78 is 7.25. The molecule has 0 spiro atoms. The van der Waals surface area contributed by atoms with Gasteiger partial charge < -0.3 is 9.32 Å². The van der Waals surface area contributed by atoms with Crippen LogP contribution in [-0.2, 0) is 0 Å². The number of furan rings is 1. The lowest BCUT2D eigenvalue weighted by Gasteiger charge is -2.26. The topological polar surface area (TPSA) is 16.4 Å². The first-order valence-electron chi connectivity index (χ1n) is 24.0. The van der Waals surface area contributed by atoms with E-state index in [1.54, 1.807) is 0 Å². The summed E-state index contributed by atoms with van der Waals surface area (Å²) in [6.07, 6.45) is 0. The molecule has 0 fully saturated rings. The molecule has 2 nitrogen and oxygen atoms in total. The van der Waals surface area contributed by atoms with Crippen molar-refractivity contribution in [1.82, 2.24) is 0 Å². The summed E-state index contributed by atoms with van der Waals surface area (Å²) in [5.74, 6) is 0. The van der Waals surface area contributed by atoms with Gasteiger partial charge in [-0.05, 0) is 153 Å². The summed E-state index contributed by atoms with van der Waals surface area (Å²) in [7, 11) is 0. The third kappa shape index (κ3) is 6.72. The largest absolute Gasteiger partial charge is 0.453 e. The molecule has 1 aromatic heterocycles. The molecule has 70 heavy (non-hydrogen) atoms. The average molecular weight is 890 g/mol. The van der Waals surface area contributed by atoms with Crippen LogP contribution in [0, 0.1) is 0 Å². The highest BCUT2D eigenvalue weighted by molar-refractivity contribution is 6.24. The Labute approximate surface area is 405 Å². The van der Waals surface area contributed by atoms with Crippen molar-refractivity contribution in [3.63, 3.8) is 0 Å². The van der Waals surface area contributed by atoms with Crippen LogP contribution >= 0.6 is 0 Å². The Kier molecular flexibility index (Phi) is 9.25. The van der Waals surface area contributed by atoms with E-state index in [4.69, 9.17) is 4.42 Å². The second kappa shape index (κ2) is 16.2. The normalized spacial score (nSPS) is 11.7. The van der Waals surface area contributed by atoms with Crippen molar-refractivity contribution in [2.24, 2.45) is 0 Å². The van der Waals surface area contributed by atoms with E-state index in [9.17, 15) is 0 Å². The van der Waals surface area contributed by atoms with Crippen molar-refractivity contribution < 1.29 is 4.42 Å². The molecule has 0 unspecified atom stereocenters. The van der Waals surface area contributed by atoms with Crippen LogP contribution in [0.3, 0.4) is 0 Å². The zero-order valence-electron chi connectivity index (χ0n) is 38.2. The number of anilines is 3. The van der Waals surface area contributed by atoms with E-state index >= 15 is 0 Å². The molecule has 0 N–H and O–H groups in total. The van der Waals surface area contributed by atoms with Crippen LogP contribution in [0.15, 0.2) is 265 Å². The van der Waals surface area contributed by atoms with Crippen molar-refractivity contribution in [3.05, 3.63) is 261 Å². The lowest BCUT2D eigenvalue weighted by atomic mass is 9.95. The number of hydrogen-bond acceptors (Lipinski definition) is 2. The smallest absolute Gasteiger partial charge is 0.159 e. The van der Waals surface area contributed by atoms with Gasteiger partial charge in [0.1, 0.15) is 5.58 Å². The van der Waals surface area contributed by atoms with Crippen molar-refractivity contribution >= 4 is 92.9 Å². The van der Waals surface area contributed by atoms with Gasteiger partial charge in [0.2, 0.25) is 0 Å². The first kappa shape index (κ1) is 39.9. The summed E-state index contributed by atoms with van der Waals surface area (Å²) in [6.45, 7) is 0. The maximum atomic E-state index is 7.25. The molecule has 0 bridgehead atoms. The van der Waals surface area contributed by atoms with Crippen molar-refractivity contribution in [2.75, 3.05) is 4.90 Å². The maximum absolute atomic E-state index is 7.25. The van der Waals surface area contributed by atoms with Gasteiger partial charge in [0.05, 0.1) is 5.69 Å². The third-order valence-corrected chi connectivity index (χ3v) is 14.4. The van der Waals surface area contributed by atoms with Crippen LogP contribution in [0.25, 0.3) is 120 Å². The predicted molar refractivity (Wildman–Crippen MR) is 298 cm³/mol. The molecule has 0 aliphatic carbocycles. The van der Waals surface area contributed by atoms with E-state index in [2.05, 4.69) is 266 Å². The molecule has 14 aromatic rings. The van der Waals surface area contributed by atoms with Crippen molar-refractivity contribution in [1.29, 1.82) is 0 Å². The fraction of sp³-hybridized carbons (Fsp3) is 0. The molecule has 0 radical (unpaired) electrons. The number of para-hydroxylation sites is 1. The lowest BCUT2D eigenvalue weighted by molar-refractivity contribution is 0.670. The predicted octanol–water partition coefficient (Wildman–Crippen LogP) is 19.5. The van der Waals surface area contributed by atoms with E-state index in [0.29, 0.717) is 0 Å². The van der Waals surface area contributed by atoms with Gasteiger partial charge in [-0.15, -0.1) is 0 Å². The third-order valence-electron chi connectivity index (χ3n) is 14.4. The average Bonchev–Trinajstić information content (AvgIpc) is 3.83. The van der Waals surface area contributed by atoms with Gasteiger partial charge in [-0.2, -0.15) is 0 Å². The standard InChI is InChI=1S/C68H43NO/c1-2-13-48(14-3-1)64-43-55-17-7-9-20-62(55)66-63-22-11-23-65(67(63)70-68(64)66)69(59-37-34-46-25-31-56(41-57(46)42-59)61-21-10-18-47-15-6-8-19-60(47)61)58-35-32-45(33-36-58)50-27-28-53-40-54(30-29-52(53)39-50)51-26-24-44-12-4-5-16-49(44)38-51/h1-43H. The van der Waals surface area contributed by atoms with Gasteiger partial charge in [0.15, 0.2) is 5.58 Å². The maximum Gasteiger partial charge on any atom is 0.159 e. The number of rotatable bonds is 7. The highest BCUT2D eigenvalue weighted by Gasteiger charge is 2.23. The highest BCUT2D eigenvalue weighted by atomic mass is 16.3. The van der Waals surface area contributed by atoms with Gasteiger partial charge in [0, 0.05) is 27.7 Å². The van der Waals surface area contributed by atoms with Crippen LogP contribution in [0.2, 0.25) is 0 Å². The second-order valence-electron chi connectivity index (χ2n) is 18.5. The quantitative estimate of drug-likeness (QED) is 0.159. The zero-order valence-corrected chi connectivity index (χ0v) is 38.2. The Morgan fingerprint density at radius 1 is 0.243 bits per heavy atom. The Bertz CT molecular complexity index is 4350. The molecule has 13 aromatic carbocycles. The van der Waals surface area contributed by atoms with Gasteiger partial charge in [0.25, 0.3) is 0 Å². The molecule has 1 heterocycles. The molecule has 2 heteroatoms. The molecule has 14 rings (SSSR count). The molecular formula is C68H43NO. The van der Waals surface area contributed by atoms with Crippen LogP contribution in [0.5, 0.6) is 0 Å². The monoisotopic (exact) mass is 889 g/mol. The van der Waals surface area contributed by atoms with Crippen LogP contribution in [0.4, 0.5) is 17.1 Å². The molecule has 0 saturated heterocycles. The number of nitrogens with zero attached hydrogens (tertiary/aromatic N) is 1. The summed E-state index contributed by atoms with van der Waals surface area (Å²) in [6, 6.07) is 95.0. The Morgan fingerprint density at radius 3 is 1.53 bits per heavy atom. The van der Waals surface area contributed by atoms with Gasteiger partial charge in [-0.1, -0.05) is 200 Å². The fourth-order valence-electron chi connectivity index (χ4n) is 10.9.